The van der Waals surface area contributed by atoms with E-state index in [1.807, 2.05) is 267 Å². The van der Waals surface area contributed by atoms with Gasteiger partial charge in [-0.25, -0.2) is 0 Å². The minimum Gasteiger partial charge on any atom is -0.872 e. The van der Waals surface area contributed by atoms with E-state index in [-0.39, 0.29) is 25.9 Å². The summed E-state index contributed by atoms with van der Waals surface area (Å²) < 4.78 is 49.9. The second kappa shape index (κ2) is 52.0. The molecular weight excluding hydrogens is 1510 g/mol. The molecule has 12 aromatic carbocycles. The summed E-state index contributed by atoms with van der Waals surface area (Å²) in [4.78, 5) is 0. The van der Waals surface area contributed by atoms with E-state index in [2.05, 4.69) is 11.5 Å². The molecule has 2 heterocycles. The molecule has 0 aliphatic carbocycles. The maximum atomic E-state index is 13.7. The number of hydrogen-bond donors (Lipinski definition) is 8. The third-order valence-electron chi connectivity index (χ3n) is 19.5. The maximum Gasteiger partial charge on any atom is 1.00 e. The van der Waals surface area contributed by atoms with Crippen molar-refractivity contribution in [3.8, 4) is 69.0 Å². The van der Waals surface area contributed by atoms with Crippen LogP contribution in [-0.4, -0.2) is 105 Å². The average Bonchev–Trinajstić information content (AvgIpc) is 0.833. The molecule has 0 fully saturated rings. The van der Waals surface area contributed by atoms with Gasteiger partial charge < -0.3 is 104 Å². The molecule has 0 amide bonds. The molecule has 20 heteroatoms. The molecule has 20 nitrogen and oxygen atoms in total. The molecular formula is C100H120N8O12. The Labute approximate surface area is 710 Å². The van der Waals surface area contributed by atoms with Crippen molar-refractivity contribution >= 4 is 0 Å². The van der Waals surface area contributed by atoms with Gasteiger partial charge in [-0.3, -0.25) is 0 Å². The van der Waals surface area contributed by atoms with Crippen molar-refractivity contribution in [2.24, 2.45) is 34.4 Å². The van der Waals surface area contributed by atoms with Gasteiger partial charge in [0.1, 0.15) is 46.0 Å². The van der Waals surface area contributed by atoms with Crippen molar-refractivity contribution in [2.45, 2.75) is 77.0 Å². The molecule has 0 atom stereocenters. The topological polar surface area (TPSA) is 377 Å². The van der Waals surface area contributed by atoms with E-state index in [9.17, 15) is 20.4 Å². The van der Waals surface area contributed by atoms with Gasteiger partial charge in [-0.2, -0.15) is 0 Å². The van der Waals surface area contributed by atoms with Gasteiger partial charge in [0.2, 0.25) is 0 Å². The third-order valence-corrected chi connectivity index (χ3v) is 19.5. The SMILES string of the molecule is NCCN.NCCN.NCC[NH3+].NCC[NH3+].[H+].[H+].[O-]c1c2cccc1Cc1ccccc1OCCCOc1ccccc1Cc1cccc(c1[O-])Cc1ccccc1OCCCOc1ccccc1C2.[O-]c1c2cccc1Cc1ccccc1OCCCOc1ccccc1Cc1cccc(c1[O-])Cc1ccccc1OCCCOc1ccccc1C2. The van der Waals surface area contributed by atoms with Crippen LogP contribution >= 0.6 is 0 Å². The van der Waals surface area contributed by atoms with E-state index in [4.69, 9.17) is 72.3 Å². The van der Waals surface area contributed by atoms with E-state index in [0.29, 0.717) is 169 Å². The zero-order valence-electron chi connectivity index (χ0n) is 71.0. The molecule has 120 heavy (non-hydrogen) atoms. The van der Waals surface area contributed by atoms with E-state index < -0.39 is 0 Å². The number of ether oxygens (including phenoxy) is 8. The van der Waals surface area contributed by atoms with Crippen LogP contribution in [0.25, 0.3) is 0 Å². The first kappa shape index (κ1) is 91.8. The lowest BCUT2D eigenvalue weighted by atomic mass is 9.97. The van der Waals surface area contributed by atoms with Crippen LogP contribution < -0.4 is 104 Å². The lowest BCUT2D eigenvalue weighted by Crippen LogP contribution is -2.53. The molecule has 18 N–H and O–H groups in total. The Morgan fingerprint density at radius 2 is 0.308 bits per heavy atom. The summed E-state index contributed by atoms with van der Waals surface area (Å²) >= 11 is 0. The molecule has 0 unspecified atom stereocenters. The highest BCUT2D eigenvalue weighted by Crippen LogP contribution is 2.37. The van der Waals surface area contributed by atoms with Crippen LogP contribution in [0.2, 0.25) is 0 Å². The van der Waals surface area contributed by atoms with Crippen molar-refractivity contribution < 1.29 is 72.6 Å². The zero-order chi connectivity index (χ0) is 84.7. The van der Waals surface area contributed by atoms with E-state index in [0.717, 1.165) is 148 Å². The Hall–Kier alpha value is -12.1. The quantitative estimate of drug-likeness (QED) is 0.0811. The van der Waals surface area contributed by atoms with Crippen molar-refractivity contribution in [3.05, 3.63) is 356 Å². The molecule has 2 aliphatic rings. The summed E-state index contributed by atoms with van der Waals surface area (Å²) in [7, 11) is 0. The zero-order valence-corrected chi connectivity index (χ0v) is 69.0. The van der Waals surface area contributed by atoms with E-state index in [1.165, 1.54) is 0 Å². The Kier molecular flexibility index (Phi) is 39.8. The molecule has 0 aromatic heterocycles. The van der Waals surface area contributed by atoms with Crippen LogP contribution in [0.15, 0.2) is 267 Å². The van der Waals surface area contributed by atoms with Crippen LogP contribution in [0.5, 0.6) is 69.0 Å². The second-order valence-electron chi connectivity index (χ2n) is 28.5. The first-order chi connectivity index (χ1) is 58.9. The first-order valence-corrected chi connectivity index (χ1v) is 41.5. The van der Waals surface area contributed by atoms with Crippen molar-refractivity contribution in [3.63, 3.8) is 0 Å². The highest BCUT2D eigenvalue weighted by Gasteiger charge is 2.17. The standard InChI is InChI=1S/2C46H44O6.4C2H8N2/c2*47-45-37-17-9-18-38(45)30-34-14-2-6-22-42(34)51-27-12-28-52-44-24-8-4-16-36(44)32-40-20-10-19-39(46(40)48)31-35-15-3-7-23-43(35)50-26-11-25-49-41-21-5-1-13-33(41)29-37;4*3-1-2-4/h2*1-10,13-24,47-48H,11-12,25-32H2;4*1-4H2. The summed E-state index contributed by atoms with van der Waals surface area (Å²) in [6.07, 6.45) is 6.40. The predicted octanol–water partition coefficient (Wildman–Crippen LogP) is 10.8. The third kappa shape index (κ3) is 29.2. The van der Waals surface area contributed by atoms with Gasteiger partial charge in [-0.05, 0) is 93.0 Å². The van der Waals surface area contributed by atoms with E-state index in [1.54, 1.807) is 0 Å². The fourth-order valence-corrected chi connectivity index (χ4v) is 13.3. The Balaban J connectivity index is 0.000000281. The predicted molar refractivity (Wildman–Crippen MR) is 472 cm³/mol. The number of rotatable bonds is 4. The van der Waals surface area contributed by atoms with E-state index >= 15 is 0 Å². The fourth-order valence-electron chi connectivity index (χ4n) is 13.3. The van der Waals surface area contributed by atoms with Gasteiger partial charge >= 0.3 is 2.85 Å². The van der Waals surface area contributed by atoms with Gasteiger partial charge in [0.05, 0.1) is 65.9 Å². The smallest absolute Gasteiger partial charge is 0.872 e. The van der Waals surface area contributed by atoms with Crippen LogP contribution in [-0.2, 0) is 51.4 Å². The summed E-state index contributed by atoms with van der Waals surface area (Å²) in [5, 5.41) is 55.0. The molecule has 632 valence electrons. The van der Waals surface area contributed by atoms with Crippen molar-refractivity contribution in [2.75, 3.05) is 105 Å². The number of para-hydroxylation sites is 12. The molecule has 12 aromatic rings. The number of hydrogen-bond acceptors (Lipinski definition) is 18. The van der Waals surface area contributed by atoms with Crippen LogP contribution in [0, 0.1) is 0 Å². The monoisotopic (exact) mass is 1620 g/mol. The van der Waals surface area contributed by atoms with Gasteiger partial charge in [0.15, 0.2) is 0 Å². The Bertz CT molecular complexity index is 4120. The highest BCUT2D eigenvalue weighted by atomic mass is 16.5. The molecule has 14 rings (SSSR count). The number of quaternary nitrogens is 2. The van der Waals surface area contributed by atoms with Gasteiger partial charge in [0, 0.05) is 116 Å². The number of benzene rings is 12. The minimum atomic E-state index is 0. The number of fused-ring (bicyclic) bond motifs is 16. The average molecular weight is 1630 g/mol. The minimum absolute atomic E-state index is 0. The molecule has 0 radical (unpaired) electrons. The molecule has 0 spiro atoms. The largest absolute Gasteiger partial charge is 1.00 e. The molecule has 0 saturated carbocycles. The second-order valence-corrected chi connectivity index (χ2v) is 28.5. The summed E-state index contributed by atoms with van der Waals surface area (Å²) in [6, 6.07) is 86.1. The molecule has 2 aliphatic heterocycles. The van der Waals surface area contributed by atoms with Crippen LogP contribution in [0.1, 0.15) is 118 Å². The lowest BCUT2D eigenvalue weighted by molar-refractivity contribution is -0.364. The van der Waals surface area contributed by atoms with Crippen LogP contribution in [0.4, 0.5) is 0 Å². The Morgan fingerprint density at radius 3 is 0.425 bits per heavy atom. The van der Waals surface area contributed by atoms with Crippen molar-refractivity contribution in [1.29, 1.82) is 0 Å². The van der Waals surface area contributed by atoms with Gasteiger partial charge in [-0.15, -0.1) is 23.0 Å². The first-order valence-electron chi connectivity index (χ1n) is 41.5. The molecule has 0 saturated heterocycles. The Morgan fingerprint density at radius 1 is 0.192 bits per heavy atom. The maximum absolute atomic E-state index is 13.7. The summed E-state index contributed by atoms with van der Waals surface area (Å²) in [6.45, 7) is 9.15. The van der Waals surface area contributed by atoms with Gasteiger partial charge in [-0.1, -0.05) is 263 Å². The normalized spacial score (nSPS) is 13.3. The fraction of sp³-hybridized carbons (Fsp3) is 0.280. The summed E-state index contributed by atoms with van der Waals surface area (Å²) in [5.41, 5.74) is 50.0. The van der Waals surface area contributed by atoms with Crippen LogP contribution in [0.3, 0.4) is 0 Å². The number of nitrogens with two attached hydrogens (primary N) is 6. The molecule has 8 bridgehead atoms. The highest BCUT2D eigenvalue weighted by molar-refractivity contribution is 5.54. The van der Waals surface area contributed by atoms with Gasteiger partial charge in [0.25, 0.3) is 0 Å². The summed E-state index contributed by atoms with van der Waals surface area (Å²) in [5.74, 6) is 6.21. The van der Waals surface area contributed by atoms with Crippen molar-refractivity contribution in [1.82, 2.24) is 0 Å². The lowest BCUT2D eigenvalue weighted by Gasteiger charge is -2.21.